The summed E-state index contributed by atoms with van der Waals surface area (Å²) in [6.07, 6.45) is -4.33. The van der Waals surface area contributed by atoms with Gasteiger partial charge in [0.05, 0.1) is 10.8 Å². The maximum Gasteiger partial charge on any atom is 0.311 e. The highest BCUT2D eigenvalue weighted by molar-refractivity contribution is 5.77. The van der Waals surface area contributed by atoms with E-state index in [2.05, 4.69) is 5.32 Å². The Bertz CT molecular complexity index is 1410. The molecule has 12 nitrogen and oxygen atoms in total. The lowest BCUT2D eigenvalue weighted by Crippen LogP contribution is -2.67. The van der Waals surface area contributed by atoms with Crippen LogP contribution in [0.1, 0.15) is 72.9 Å². The summed E-state index contributed by atoms with van der Waals surface area (Å²) in [7, 11) is 0. The van der Waals surface area contributed by atoms with Gasteiger partial charge in [-0.3, -0.25) is 24.0 Å². The van der Waals surface area contributed by atoms with E-state index in [1.807, 2.05) is 30.3 Å². The second kappa shape index (κ2) is 16.6. The van der Waals surface area contributed by atoms with Crippen LogP contribution in [0.15, 0.2) is 54.6 Å². The molecule has 0 bridgehead atoms. The minimum atomic E-state index is -1.28. The summed E-state index contributed by atoms with van der Waals surface area (Å²) in [5.41, 5.74) is -0.0349. The van der Waals surface area contributed by atoms with Crippen molar-refractivity contribution in [1.29, 1.82) is 0 Å². The minimum absolute atomic E-state index is 0.177. The first-order valence-corrected chi connectivity index (χ1v) is 15.9. The third-order valence-electron chi connectivity index (χ3n) is 7.20. The molecular weight excluding hydrogens is 622 g/mol. The zero-order valence-corrected chi connectivity index (χ0v) is 28.9. The summed E-state index contributed by atoms with van der Waals surface area (Å²) in [4.78, 5) is 62.7. The Morgan fingerprint density at radius 3 is 1.94 bits per heavy atom. The molecule has 262 valence electrons. The van der Waals surface area contributed by atoms with Gasteiger partial charge in [-0.15, -0.1) is 0 Å². The van der Waals surface area contributed by atoms with Gasteiger partial charge in [0.25, 0.3) is 0 Å². The fraction of sp³-hybridized carbons (Fsp3) is 0.528. The van der Waals surface area contributed by atoms with Gasteiger partial charge < -0.3 is 33.7 Å². The fourth-order valence-corrected chi connectivity index (χ4v) is 4.60. The normalized spacial score (nSPS) is 21.0. The number of benzene rings is 2. The van der Waals surface area contributed by atoms with E-state index in [0.717, 1.165) is 11.1 Å². The summed E-state index contributed by atoms with van der Waals surface area (Å²) in [6, 6.07) is 15.2. The minimum Gasteiger partial charge on any atom is -0.463 e. The molecule has 1 aliphatic rings. The average Bonchev–Trinajstić information content (AvgIpc) is 3.00. The lowest BCUT2D eigenvalue weighted by Gasteiger charge is -2.45. The van der Waals surface area contributed by atoms with Crippen LogP contribution in [0, 0.1) is 10.8 Å². The molecule has 0 aromatic heterocycles. The van der Waals surface area contributed by atoms with Gasteiger partial charge in [0, 0.05) is 20.3 Å². The van der Waals surface area contributed by atoms with E-state index >= 15 is 0 Å². The Balaban J connectivity index is 1.83. The zero-order valence-electron chi connectivity index (χ0n) is 28.9. The number of carbonyl (C=O) groups excluding carboxylic acids is 5. The predicted octanol–water partition coefficient (Wildman–Crippen LogP) is 4.45. The number of esters is 4. The smallest absolute Gasteiger partial charge is 0.311 e. The van der Waals surface area contributed by atoms with Crippen molar-refractivity contribution in [3.05, 3.63) is 65.7 Å². The van der Waals surface area contributed by atoms with Crippen LogP contribution >= 0.6 is 0 Å². The molecule has 3 rings (SSSR count). The van der Waals surface area contributed by atoms with Crippen molar-refractivity contribution in [3.63, 3.8) is 0 Å². The molecule has 0 unspecified atom stereocenters. The molecular formula is C36H47NO11. The van der Waals surface area contributed by atoms with Gasteiger partial charge in [0.1, 0.15) is 31.1 Å². The highest BCUT2D eigenvalue weighted by Crippen LogP contribution is 2.31. The van der Waals surface area contributed by atoms with Crippen LogP contribution in [0.25, 0.3) is 0 Å². The van der Waals surface area contributed by atoms with Crippen molar-refractivity contribution in [2.24, 2.45) is 10.8 Å². The molecule has 0 saturated carbocycles. The molecule has 1 heterocycles. The Hall–Kier alpha value is -4.45. The van der Waals surface area contributed by atoms with Crippen LogP contribution in [0.2, 0.25) is 0 Å². The van der Waals surface area contributed by atoms with Crippen molar-refractivity contribution in [3.8, 4) is 5.75 Å². The number of hydrogen-bond donors (Lipinski definition) is 1. The van der Waals surface area contributed by atoms with Crippen molar-refractivity contribution >= 4 is 29.8 Å². The Kier molecular flexibility index (Phi) is 13.1. The third kappa shape index (κ3) is 11.7. The second-order valence-electron chi connectivity index (χ2n) is 13.7. The van der Waals surface area contributed by atoms with Crippen LogP contribution < -0.4 is 10.1 Å². The standard InChI is InChI=1S/C36H47NO11/c1-22(38)37-29-31(48-34(42)36(6,7)8)30(45-23(2)39)27(21-44-33(41)35(3,4)5)47-32(29)46-26-17-14-24(15-18-26)16-19-28(40)43-20-25-12-10-9-11-13-25/h9-15,17-18,27,29-32H,16,19-21H2,1-8H3,(H,37,38)/t27-,29+,30-,31-,32-/m1/s1. The number of rotatable bonds is 12. The molecule has 1 saturated heterocycles. The summed E-state index contributed by atoms with van der Waals surface area (Å²) in [6.45, 7) is 12.3. The number of amides is 1. The monoisotopic (exact) mass is 669 g/mol. The predicted molar refractivity (Wildman–Crippen MR) is 173 cm³/mol. The molecule has 12 heteroatoms. The van der Waals surface area contributed by atoms with Gasteiger partial charge >= 0.3 is 23.9 Å². The molecule has 1 fully saturated rings. The topological polar surface area (TPSA) is 153 Å². The van der Waals surface area contributed by atoms with Crippen molar-refractivity contribution in [1.82, 2.24) is 5.32 Å². The molecule has 5 atom stereocenters. The maximum atomic E-state index is 13.1. The van der Waals surface area contributed by atoms with Crippen molar-refractivity contribution in [2.45, 2.75) is 105 Å². The molecule has 48 heavy (non-hydrogen) atoms. The summed E-state index contributed by atoms with van der Waals surface area (Å²) >= 11 is 0. The molecule has 0 radical (unpaired) electrons. The van der Waals surface area contributed by atoms with Crippen molar-refractivity contribution < 1.29 is 52.4 Å². The van der Waals surface area contributed by atoms with Crippen molar-refractivity contribution in [2.75, 3.05) is 6.61 Å². The first kappa shape index (κ1) is 38.0. The van der Waals surface area contributed by atoms with E-state index < -0.39 is 65.3 Å². The molecule has 2 aromatic carbocycles. The Labute approximate surface area is 281 Å². The lowest BCUT2D eigenvalue weighted by molar-refractivity contribution is -0.259. The summed E-state index contributed by atoms with van der Waals surface area (Å²) in [5.74, 6) is -2.34. The van der Waals surface area contributed by atoms with Gasteiger partial charge in [0.2, 0.25) is 12.2 Å². The number of aryl methyl sites for hydroxylation is 1. The first-order chi connectivity index (χ1) is 22.4. The number of ether oxygens (including phenoxy) is 6. The molecule has 2 aromatic rings. The third-order valence-corrected chi connectivity index (χ3v) is 7.20. The second-order valence-corrected chi connectivity index (χ2v) is 13.7. The van der Waals surface area contributed by atoms with Gasteiger partial charge in [0.15, 0.2) is 12.2 Å². The maximum absolute atomic E-state index is 13.1. The highest BCUT2D eigenvalue weighted by Gasteiger charge is 2.53. The van der Waals surface area contributed by atoms with E-state index in [-0.39, 0.29) is 25.6 Å². The zero-order chi connectivity index (χ0) is 35.6. The van der Waals surface area contributed by atoms with E-state index in [1.165, 1.54) is 13.8 Å². The van der Waals surface area contributed by atoms with E-state index in [1.54, 1.807) is 65.8 Å². The van der Waals surface area contributed by atoms with Crippen LogP contribution in [0.5, 0.6) is 5.75 Å². The van der Waals surface area contributed by atoms with E-state index in [9.17, 15) is 24.0 Å². The van der Waals surface area contributed by atoms with Gasteiger partial charge in [-0.1, -0.05) is 42.5 Å². The molecule has 0 aliphatic carbocycles. The first-order valence-electron chi connectivity index (χ1n) is 15.9. The SMILES string of the molecule is CC(=O)N[C@@H]1[C@H](Oc2ccc(CCC(=O)OCc3ccccc3)cc2)O[C@H](COC(=O)C(C)(C)C)[C@@H](OC(C)=O)[C@@H]1OC(=O)C(C)(C)C. The quantitative estimate of drug-likeness (QED) is 0.252. The fourth-order valence-electron chi connectivity index (χ4n) is 4.60. The van der Waals surface area contributed by atoms with Crippen LogP contribution in [0.3, 0.4) is 0 Å². The average molecular weight is 670 g/mol. The van der Waals surface area contributed by atoms with Crippen LogP contribution in [-0.2, 0) is 60.7 Å². The Morgan fingerprint density at radius 2 is 1.38 bits per heavy atom. The summed E-state index contributed by atoms with van der Waals surface area (Å²) in [5, 5.41) is 2.72. The van der Waals surface area contributed by atoms with Crippen LogP contribution in [0.4, 0.5) is 0 Å². The molecule has 1 N–H and O–H groups in total. The van der Waals surface area contributed by atoms with Gasteiger partial charge in [-0.05, 0) is 71.2 Å². The molecule has 1 amide bonds. The van der Waals surface area contributed by atoms with E-state index in [4.69, 9.17) is 28.4 Å². The number of hydrogen-bond acceptors (Lipinski definition) is 11. The van der Waals surface area contributed by atoms with Gasteiger partial charge in [-0.2, -0.15) is 0 Å². The summed E-state index contributed by atoms with van der Waals surface area (Å²) < 4.78 is 34.8. The molecule has 0 spiro atoms. The molecule has 1 aliphatic heterocycles. The van der Waals surface area contributed by atoms with Crippen LogP contribution in [-0.4, -0.2) is 67.0 Å². The number of nitrogens with one attached hydrogen (secondary N) is 1. The number of carbonyl (C=O) groups is 5. The Morgan fingerprint density at radius 1 is 0.750 bits per heavy atom. The largest absolute Gasteiger partial charge is 0.463 e. The highest BCUT2D eigenvalue weighted by atomic mass is 16.7. The van der Waals surface area contributed by atoms with Gasteiger partial charge in [-0.25, -0.2) is 0 Å². The lowest BCUT2D eigenvalue weighted by atomic mass is 9.93. The van der Waals surface area contributed by atoms with E-state index in [0.29, 0.717) is 12.2 Å².